The third kappa shape index (κ3) is 4.44. The number of aliphatic hydroxyl groups is 1. The van der Waals surface area contributed by atoms with Gasteiger partial charge in [0.15, 0.2) is 0 Å². The number of nitrogens with one attached hydrogen (secondary N) is 1. The number of rotatable bonds is 4. The molecule has 0 saturated heterocycles. The smallest absolute Gasteiger partial charge is 0.388 e. The van der Waals surface area contributed by atoms with Crippen molar-refractivity contribution in [2.45, 2.75) is 37.5 Å². The minimum absolute atomic E-state index is 0.0151. The highest BCUT2D eigenvalue weighted by atomic mass is 35.5. The van der Waals surface area contributed by atoms with E-state index in [1.165, 1.54) is 6.20 Å². The summed E-state index contributed by atoms with van der Waals surface area (Å²) in [5.41, 5.74) is -1.36. The second-order valence-electron chi connectivity index (χ2n) is 6.84. The molecule has 1 aromatic carbocycles. The van der Waals surface area contributed by atoms with Gasteiger partial charge in [0.25, 0.3) is 5.56 Å². The lowest BCUT2D eigenvalue weighted by Gasteiger charge is -2.37. The van der Waals surface area contributed by atoms with E-state index in [9.17, 15) is 23.1 Å². The Morgan fingerprint density at radius 2 is 2.04 bits per heavy atom. The lowest BCUT2D eigenvalue weighted by Crippen LogP contribution is -2.45. The van der Waals surface area contributed by atoms with Crippen molar-refractivity contribution in [1.82, 2.24) is 9.78 Å². The second kappa shape index (κ2) is 7.52. The van der Waals surface area contributed by atoms with Crippen LogP contribution in [0.15, 0.2) is 41.3 Å². The molecule has 1 aliphatic carbocycles. The molecule has 1 aromatic heterocycles. The van der Waals surface area contributed by atoms with Gasteiger partial charge in [-0.1, -0.05) is 29.8 Å². The number of hydrogen-bond acceptors (Lipinski definition) is 4. The van der Waals surface area contributed by atoms with Crippen LogP contribution in [-0.4, -0.2) is 33.2 Å². The van der Waals surface area contributed by atoms with E-state index in [0.717, 1.165) is 4.68 Å². The Balaban J connectivity index is 1.75. The third-order valence-corrected chi connectivity index (χ3v) is 5.18. The molecule has 2 unspecified atom stereocenters. The Kier molecular flexibility index (Phi) is 5.48. The molecule has 0 amide bonds. The van der Waals surface area contributed by atoms with Crippen LogP contribution < -0.4 is 10.9 Å². The van der Waals surface area contributed by atoms with Crippen molar-refractivity contribution in [1.29, 1.82) is 0 Å². The van der Waals surface area contributed by atoms with Crippen LogP contribution in [0.1, 0.15) is 25.7 Å². The fourth-order valence-corrected chi connectivity index (χ4v) is 3.54. The molecule has 3 rings (SSSR count). The summed E-state index contributed by atoms with van der Waals surface area (Å²) in [6, 6.07) is 8.68. The highest BCUT2D eigenvalue weighted by molar-refractivity contribution is 6.32. The maximum absolute atomic E-state index is 13.0. The standard InChI is InChI=1S/C18H19ClF3N3O2/c19-15-14(10-24-25(16(15)26)13-6-2-1-3-7-13)23-11-17(27)8-4-5-12(9-17)18(20,21)22/h1-3,6-7,10,12,23,27H,4-5,8-9,11H2. The Labute approximate surface area is 158 Å². The summed E-state index contributed by atoms with van der Waals surface area (Å²) in [5.74, 6) is -1.53. The number of nitrogens with zero attached hydrogens (tertiary/aromatic N) is 2. The monoisotopic (exact) mass is 401 g/mol. The first-order chi connectivity index (χ1) is 12.7. The number of hydrogen-bond donors (Lipinski definition) is 2. The number of anilines is 1. The van der Waals surface area contributed by atoms with E-state index in [1.54, 1.807) is 30.3 Å². The highest BCUT2D eigenvalue weighted by Crippen LogP contribution is 2.41. The van der Waals surface area contributed by atoms with Crippen LogP contribution in [0, 0.1) is 5.92 Å². The fourth-order valence-electron chi connectivity index (χ4n) is 3.35. The molecule has 1 heterocycles. The molecule has 0 aliphatic heterocycles. The van der Waals surface area contributed by atoms with E-state index in [-0.39, 0.29) is 42.9 Å². The molecule has 1 saturated carbocycles. The van der Waals surface area contributed by atoms with Crippen molar-refractivity contribution in [2.24, 2.45) is 5.92 Å². The van der Waals surface area contributed by atoms with E-state index in [4.69, 9.17) is 11.6 Å². The summed E-state index contributed by atoms with van der Waals surface area (Å²) >= 11 is 6.12. The maximum Gasteiger partial charge on any atom is 0.391 e. The minimum Gasteiger partial charge on any atom is -0.388 e. The van der Waals surface area contributed by atoms with Gasteiger partial charge >= 0.3 is 6.18 Å². The van der Waals surface area contributed by atoms with Crippen molar-refractivity contribution in [2.75, 3.05) is 11.9 Å². The molecule has 2 aromatic rings. The molecular weight excluding hydrogens is 383 g/mol. The predicted octanol–water partition coefficient (Wildman–Crippen LogP) is 3.78. The molecule has 1 fully saturated rings. The van der Waals surface area contributed by atoms with Crippen molar-refractivity contribution in [3.8, 4) is 5.69 Å². The molecule has 1 aliphatic rings. The predicted molar refractivity (Wildman–Crippen MR) is 96.3 cm³/mol. The van der Waals surface area contributed by atoms with Gasteiger partial charge in [0, 0.05) is 6.54 Å². The highest BCUT2D eigenvalue weighted by Gasteiger charge is 2.46. The molecule has 0 spiro atoms. The average Bonchev–Trinajstić information content (AvgIpc) is 2.63. The van der Waals surface area contributed by atoms with Gasteiger partial charge < -0.3 is 10.4 Å². The maximum atomic E-state index is 13.0. The Morgan fingerprint density at radius 3 is 2.70 bits per heavy atom. The number of halogens is 4. The topological polar surface area (TPSA) is 67.2 Å². The fraction of sp³-hybridized carbons (Fsp3) is 0.444. The van der Waals surface area contributed by atoms with E-state index in [0.29, 0.717) is 5.69 Å². The average molecular weight is 402 g/mol. The normalized spacial score (nSPS) is 23.2. The first-order valence-electron chi connectivity index (χ1n) is 8.56. The Morgan fingerprint density at radius 1 is 1.33 bits per heavy atom. The van der Waals surface area contributed by atoms with Crippen molar-refractivity contribution in [3.63, 3.8) is 0 Å². The Hall–Kier alpha value is -2.06. The zero-order valence-corrected chi connectivity index (χ0v) is 15.1. The van der Waals surface area contributed by atoms with E-state index >= 15 is 0 Å². The van der Waals surface area contributed by atoms with Crippen LogP contribution in [-0.2, 0) is 0 Å². The SMILES string of the molecule is O=c1c(Cl)c(NCC2(O)CCCC(C(F)(F)F)C2)cnn1-c1ccccc1. The van der Waals surface area contributed by atoms with E-state index in [2.05, 4.69) is 10.4 Å². The second-order valence-corrected chi connectivity index (χ2v) is 7.22. The summed E-state index contributed by atoms with van der Waals surface area (Å²) in [7, 11) is 0. The molecule has 0 bridgehead atoms. The summed E-state index contributed by atoms with van der Waals surface area (Å²) in [6.45, 7) is -0.143. The molecular formula is C18H19ClF3N3O2. The zero-order valence-electron chi connectivity index (χ0n) is 14.3. The van der Waals surface area contributed by atoms with Crippen LogP contribution in [0.3, 0.4) is 0 Å². The number of aromatic nitrogens is 2. The van der Waals surface area contributed by atoms with Crippen LogP contribution in [0.4, 0.5) is 18.9 Å². The van der Waals surface area contributed by atoms with Crippen molar-refractivity contribution in [3.05, 3.63) is 51.9 Å². The largest absolute Gasteiger partial charge is 0.391 e. The molecule has 2 atom stereocenters. The quantitative estimate of drug-likeness (QED) is 0.818. The Bertz CT molecular complexity index is 857. The van der Waals surface area contributed by atoms with E-state index in [1.807, 2.05) is 0 Å². The molecule has 27 heavy (non-hydrogen) atoms. The van der Waals surface area contributed by atoms with Gasteiger partial charge in [-0.25, -0.2) is 0 Å². The molecule has 9 heteroatoms. The third-order valence-electron chi connectivity index (χ3n) is 4.81. The van der Waals surface area contributed by atoms with Crippen LogP contribution in [0.2, 0.25) is 5.02 Å². The van der Waals surface area contributed by atoms with Gasteiger partial charge in [-0.3, -0.25) is 4.79 Å². The molecule has 146 valence electrons. The lowest BCUT2D eigenvalue weighted by molar-refractivity contribution is -0.199. The molecule has 5 nitrogen and oxygen atoms in total. The van der Waals surface area contributed by atoms with Gasteiger partial charge in [-0.05, 0) is 37.8 Å². The lowest BCUT2D eigenvalue weighted by atomic mass is 9.77. The van der Waals surface area contributed by atoms with Crippen molar-refractivity contribution < 1.29 is 18.3 Å². The van der Waals surface area contributed by atoms with Gasteiger partial charge in [-0.2, -0.15) is 23.0 Å². The summed E-state index contributed by atoms with van der Waals surface area (Å²) < 4.78 is 40.0. The van der Waals surface area contributed by atoms with Gasteiger partial charge in [0.05, 0.1) is 29.1 Å². The van der Waals surface area contributed by atoms with Gasteiger partial charge in [-0.15, -0.1) is 0 Å². The molecule has 2 N–H and O–H groups in total. The minimum atomic E-state index is -4.33. The van der Waals surface area contributed by atoms with Crippen LogP contribution in [0.5, 0.6) is 0 Å². The number of para-hydroxylation sites is 1. The van der Waals surface area contributed by atoms with Crippen LogP contribution >= 0.6 is 11.6 Å². The van der Waals surface area contributed by atoms with Gasteiger partial charge in [0.1, 0.15) is 5.02 Å². The van der Waals surface area contributed by atoms with Crippen LogP contribution in [0.25, 0.3) is 5.69 Å². The summed E-state index contributed by atoms with van der Waals surface area (Å²) in [4.78, 5) is 12.4. The summed E-state index contributed by atoms with van der Waals surface area (Å²) in [6.07, 6.45) is -2.84. The first kappa shape index (κ1) is 19.7. The van der Waals surface area contributed by atoms with Crippen molar-refractivity contribution >= 4 is 17.3 Å². The summed E-state index contributed by atoms with van der Waals surface area (Å²) in [5, 5.41) is 17.2. The number of benzene rings is 1. The zero-order chi connectivity index (χ0) is 19.7. The first-order valence-corrected chi connectivity index (χ1v) is 8.94. The number of alkyl halides is 3. The van der Waals surface area contributed by atoms with Gasteiger partial charge in [0.2, 0.25) is 0 Å². The molecule has 0 radical (unpaired) electrons. The van der Waals surface area contributed by atoms with E-state index < -0.39 is 23.3 Å².